The maximum absolute atomic E-state index is 6.23. The summed E-state index contributed by atoms with van der Waals surface area (Å²) in [5.41, 5.74) is 3.50. The van der Waals surface area contributed by atoms with E-state index in [-0.39, 0.29) is 0 Å². The Morgan fingerprint density at radius 2 is 2.06 bits per heavy atom. The van der Waals surface area contributed by atoms with Gasteiger partial charge in [0.2, 0.25) is 0 Å². The van der Waals surface area contributed by atoms with Crippen LogP contribution in [0.25, 0.3) is 0 Å². The lowest BCUT2D eigenvalue weighted by molar-refractivity contribution is 0.311. The normalized spacial score (nSPS) is 10.6. The Kier molecular flexibility index (Phi) is 5.79. The second-order valence-electron chi connectivity index (χ2n) is 4.31. The fourth-order valence-electron chi connectivity index (χ4n) is 1.87. The van der Waals surface area contributed by atoms with Gasteiger partial charge in [-0.3, -0.25) is 0 Å². The average Bonchev–Trinajstić information content (AvgIpc) is 2.30. The molecular formula is C14H22ClNO. The van der Waals surface area contributed by atoms with Crippen molar-refractivity contribution >= 4 is 11.6 Å². The fourth-order valence-corrected chi connectivity index (χ4v) is 2.15. The van der Waals surface area contributed by atoms with Crippen molar-refractivity contribution in [2.45, 2.75) is 33.6 Å². The molecule has 96 valence electrons. The number of ether oxygens (including phenoxy) is 1. The molecule has 0 aliphatic carbocycles. The van der Waals surface area contributed by atoms with E-state index in [1.165, 1.54) is 5.56 Å². The van der Waals surface area contributed by atoms with Crippen LogP contribution in [-0.4, -0.2) is 20.2 Å². The van der Waals surface area contributed by atoms with Gasteiger partial charge in [-0.15, -0.1) is 0 Å². The summed E-state index contributed by atoms with van der Waals surface area (Å²) in [4.78, 5) is 0. The maximum atomic E-state index is 6.23. The van der Waals surface area contributed by atoms with Gasteiger partial charge in [0.05, 0.1) is 6.61 Å². The summed E-state index contributed by atoms with van der Waals surface area (Å²) < 4.78 is 5.86. The zero-order chi connectivity index (χ0) is 12.8. The largest absolute Gasteiger partial charge is 0.493 e. The molecule has 0 aliphatic rings. The van der Waals surface area contributed by atoms with Crippen LogP contribution in [0.3, 0.4) is 0 Å². The Hall–Kier alpha value is -0.730. The molecule has 1 aromatic rings. The number of nitrogens with one attached hydrogen (secondary N) is 1. The molecule has 0 radical (unpaired) electrons. The molecule has 0 aromatic heterocycles. The lowest BCUT2D eigenvalue weighted by Gasteiger charge is -2.17. The van der Waals surface area contributed by atoms with Crippen molar-refractivity contribution in [3.8, 4) is 5.75 Å². The van der Waals surface area contributed by atoms with Gasteiger partial charge in [0, 0.05) is 10.6 Å². The number of aryl methyl sites for hydroxylation is 1. The molecule has 3 heteroatoms. The van der Waals surface area contributed by atoms with Crippen molar-refractivity contribution in [1.29, 1.82) is 0 Å². The van der Waals surface area contributed by atoms with Crippen LogP contribution in [0.4, 0.5) is 0 Å². The predicted molar refractivity (Wildman–Crippen MR) is 74.3 cm³/mol. The molecule has 0 heterocycles. The third-order valence-corrected chi connectivity index (χ3v) is 3.25. The summed E-state index contributed by atoms with van der Waals surface area (Å²) in [5.74, 6) is 1.02. The second kappa shape index (κ2) is 6.87. The van der Waals surface area contributed by atoms with Crippen LogP contribution in [0.1, 0.15) is 30.0 Å². The quantitative estimate of drug-likeness (QED) is 0.840. The van der Waals surface area contributed by atoms with Gasteiger partial charge in [-0.25, -0.2) is 0 Å². The number of rotatable bonds is 6. The van der Waals surface area contributed by atoms with Gasteiger partial charge in [-0.2, -0.15) is 0 Å². The van der Waals surface area contributed by atoms with E-state index in [1.807, 2.05) is 13.1 Å². The van der Waals surface area contributed by atoms with E-state index in [0.717, 1.165) is 47.9 Å². The molecular weight excluding hydrogens is 234 g/mol. The van der Waals surface area contributed by atoms with Gasteiger partial charge >= 0.3 is 0 Å². The zero-order valence-corrected chi connectivity index (χ0v) is 11.9. The maximum Gasteiger partial charge on any atom is 0.125 e. The van der Waals surface area contributed by atoms with Crippen LogP contribution >= 0.6 is 11.6 Å². The molecule has 0 saturated heterocycles. The Labute approximate surface area is 109 Å². The number of hydrogen-bond donors (Lipinski definition) is 1. The van der Waals surface area contributed by atoms with E-state index in [4.69, 9.17) is 16.3 Å². The lowest BCUT2D eigenvalue weighted by atomic mass is 10.0. The number of benzene rings is 1. The van der Waals surface area contributed by atoms with E-state index in [0.29, 0.717) is 0 Å². The van der Waals surface area contributed by atoms with Crippen molar-refractivity contribution in [3.05, 3.63) is 27.8 Å². The van der Waals surface area contributed by atoms with E-state index in [9.17, 15) is 0 Å². The molecule has 0 fully saturated rings. The molecule has 0 saturated carbocycles. The van der Waals surface area contributed by atoms with Crippen LogP contribution in [0.15, 0.2) is 6.07 Å². The highest BCUT2D eigenvalue weighted by Crippen LogP contribution is 2.32. The minimum Gasteiger partial charge on any atom is -0.493 e. The Bertz CT molecular complexity index is 377. The van der Waals surface area contributed by atoms with Gasteiger partial charge < -0.3 is 10.1 Å². The van der Waals surface area contributed by atoms with Crippen LogP contribution in [0, 0.1) is 13.8 Å². The molecule has 0 aliphatic heterocycles. The molecule has 0 unspecified atom stereocenters. The first-order valence-electron chi connectivity index (χ1n) is 6.17. The molecule has 0 bridgehead atoms. The van der Waals surface area contributed by atoms with Gasteiger partial charge in [-0.05, 0) is 57.5 Å². The van der Waals surface area contributed by atoms with Crippen LogP contribution in [0.5, 0.6) is 5.75 Å². The van der Waals surface area contributed by atoms with Crippen LogP contribution < -0.4 is 10.1 Å². The molecule has 2 nitrogen and oxygen atoms in total. The summed E-state index contributed by atoms with van der Waals surface area (Å²) in [5, 5.41) is 4.00. The topological polar surface area (TPSA) is 21.3 Å². The van der Waals surface area contributed by atoms with Crippen LogP contribution in [0.2, 0.25) is 5.02 Å². The monoisotopic (exact) mass is 255 g/mol. The SMILES string of the molecule is CCCOc1c(C)cc(Cl)c(C)c1CCNC. The molecule has 0 spiro atoms. The van der Waals surface area contributed by atoms with Gasteiger partial charge in [0.1, 0.15) is 5.75 Å². The average molecular weight is 256 g/mol. The van der Waals surface area contributed by atoms with Gasteiger partial charge in [-0.1, -0.05) is 18.5 Å². The molecule has 1 N–H and O–H groups in total. The molecule has 0 atom stereocenters. The summed E-state index contributed by atoms with van der Waals surface area (Å²) in [6, 6.07) is 1.99. The summed E-state index contributed by atoms with van der Waals surface area (Å²) in [7, 11) is 1.96. The smallest absolute Gasteiger partial charge is 0.125 e. The van der Waals surface area contributed by atoms with Crippen molar-refractivity contribution in [1.82, 2.24) is 5.32 Å². The van der Waals surface area contributed by atoms with Gasteiger partial charge in [0.15, 0.2) is 0 Å². The molecule has 0 amide bonds. The number of hydrogen-bond acceptors (Lipinski definition) is 2. The van der Waals surface area contributed by atoms with E-state index in [2.05, 4.69) is 26.1 Å². The van der Waals surface area contributed by atoms with E-state index < -0.39 is 0 Å². The summed E-state index contributed by atoms with van der Waals surface area (Å²) >= 11 is 6.23. The minimum absolute atomic E-state index is 0.758. The highest BCUT2D eigenvalue weighted by atomic mass is 35.5. The van der Waals surface area contributed by atoms with Crippen LogP contribution in [-0.2, 0) is 6.42 Å². The first-order chi connectivity index (χ1) is 8.11. The van der Waals surface area contributed by atoms with Gasteiger partial charge in [0.25, 0.3) is 0 Å². The Balaban J connectivity index is 3.09. The highest BCUT2D eigenvalue weighted by molar-refractivity contribution is 6.31. The third-order valence-electron chi connectivity index (χ3n) is 2.86. The Morgan fingerprint density at radius 1 is 1.35 bits per heavy atom. The number of likely N-dealkylation sites (N-methyl/N-ethyl adjacent to an activating group) is 1. The van der Waals surface area contributed by atoms with Crippen molar-refractivity contribution in [2.24, 2.45) is 0 Å². The number of halogens is 1. The second-order valence-corrected chi connectivity index (χ2v) is 4.72. The van der Waals surface area contributed by atoms with E-state index >= 15 is 0 Å². The van der Waals surface area contributed by atoms with Crippen molar-refractivity contribution in [2.75, 3.05) is 20.2 Å². The molecule has 17 heavy (non-hydrogen) atoms. The predicted octanol–water partition coefficient (Wildman–Crippen LogP) is 3.51. The third kappa shape index (κ3) is 3.62. The van der Waals surface area contributed by atoms with Crippen molar-refractivity contribution < 1.29 is 4.74 Å². The highest BCUT2D eigenvalue weighted by Gasteiger charge is 2.13. The van der Waals surface area contributed by atoms with Crippen molar-refractivity contribution in [3.63, 3.8) is 0 Å². The molecule has 1 aromatic carbocycles. The Morgan fingerprint density at radius 3 is 2.65 bits per heavy atom. The fraction of sp³-hybridized carbons (Fsp3) is 0.571. The minimum atomic E-state index is 0.758. The lowest BCUT2D eigenvalue weighted by Crippen LogP contribution is -2.13. The standard InChI is InChI=1S/C14H22ClNO/c1-5-8-17-14-10(2)9-13(15)11(3)12(14)6-7-16-4/h9,16H,5-8H2,1-4H3. The zero-order valence-electron chi connectivity index (χ0n) is 11.2. The van der Waals surface area contributed by atoms with E-state index in [1.54, 1.807) is 0 Å². The first kappa shape index (κ1) is 14.3. The first-order valence-corrected chi connectivity index (χ1v) is 6.55. The summed E-state index contributed by atoms with van der Waals surface area (Å²) in [6.45, 7) is 7.92. The summed E-state index contributed by atoms with van der Waals surface area (Å²) in [6.07, 6.45) is 1.97. The molecule has 1 rings (SSSR count).